The van der Waals surface area contributed by atoms with Gasteiger partial charge in [-0.3, -0.25) is 0 Å². The Balaban J connectivity index is 1.06. The van der Waals surface area contributed by atoms with Gasteiger partial charge in [0.15, 0.2) is 17.5 Å². The average molecular weight is 1070 g/mol. The number of benzene rings is 11. The summed E-state index contributed by atoms with van der Waals surface area (Å²) in [6, 6.07) is 91.3. The Labute approximate surface area is 482 Å². The molecule has 84 heavy (non-hydrogen) atoms. The summed E-state index contributed by atoms with van der Waals surface area (Å²) in [5, 5.41) is 53.8. The fourth-order valence-electron chi connectivity index (χ4n) is 11.6. The molecule has 0 amide bonds. The van der Waals surface area contributed by atoms with Crippen molar-refractivity contribution in [3.63, 3.8) is 0 Å². The molecule has 14 rings (SSSR count). The van der Waals surface area contributed by atoms with Crippen molar-refractivity contribution >= 4 is 43.6 Å². The first-order chi connectivity index (χ1) is 41.4. The molecule has 0 unspecified atom stereocenters. The van der Waals surface area contributed by atoms with Gasteiger partial charge in [0.1, 0.15) is 0 Å². The first-order valence-electron chi connectivity index (χ1n) is 27.0. The van der Waals surface area contributed by atoms with Crippen molar-refractivity contribution < 1.29 is 0 Å². The second-order valence-electron chi connectivity index (χ2n) is 20.4. The van der Waals surface area contributed by atoms with E-state index in [9.17, 15) is 26.3 Å². The molecule has 11 aromatic carbocycles. The molecule has 3 aromatic heterocycles. The Hall–Kier alpha value is -12.5. The van der Waals surface area contributed by atoms with Crippen LogP contribution in [0.15, 0.2) is 243 Å². The predicted octanol–water partition coefficient (Wildman–Crippen LogP) is 17.1. The fourth-order valence-corrected chi connectivity index (χ4v) is 11.6. The number of hydrogen-bond acceptors (Lipinski definition) is 8. The summed E-state index contributed by atoms with van der Waals surface area (Å²) in [6.07, 6.45) is 0. The zero-order valence-corrected chi connectivity index (χ0v) is 44.6. The maximum absolute atomic E-state index is 10.1. The van der Waals surface area contributed by atoms with Crippen molar-refractivity contribution in [2.45, 2.75) is 0 Å². The number of aromatic nitrogens is 5. The van der Waals surface area contributed by atoms with Crippen LogP contribution in [0.4, 0.5) is 0 Å². The molecule has 3 heterocycles. The summed E-state index contributed by atoms with van der Waals surface area (Å²) < 4.78 is 4.55. The van der Waals surface area contributed by atoms with Crippen LogP contribution >= 0.6 is 0 Å². The Bertz CT molecular complexity index is 5150. The molecule has 0 radical (unpaired) electrons. The zero-order chi connectivity index (χ0) is 56.8. The van der Waals surface area contributed by atoms with Gasteiger partial charge in [0, 0.05) is 43.8 Å². The van der Waals surface area contributed by atoms with Gasteiger partial charge < -0.3 is 9.13 Å². The van der Waals surface area contributed by atoms with Crippen molar-refractivity contribution in [1.82, 2.24) is 24.1 Å². The third-order valence-electron chi connectivity index (χ3n) is 15.4. The van der Waals surface area contributed by atoms with E-state index in [1.165, 1.54) is 0 Å². The van der Waals surface area contributed by atoms with Gasteiger partial charge in [-0.05, 0) is 148 Å². The molecule has 0 aliphatic carbocycles. The lowest BCUT2D eigenvalue weighted by Crippen LogP contribution is -2.04. The largest absolute Gasteiger partial charge is 0.309 e. The Kier molecular flexibility index (Phi) is 12.2. The average Bonchev–Trinajstić information content (AvgIpc) is 2.26. The minimum absolute atomic E-state index is 0.407. The summed E-state index contributed by atoms with van der Waals surface area (Å²) in [7, 11) is 0. The van der Waals surface area contributed by atoms with E-state index in [1.54, 1.807) is 12.1 Å². The van der Waals surface area contributed by atoms with Crippen molar-refractivity contribution in [2.24, 2.45) is 0 Å². The SMILES string of the molecule is N#Cc1cccc(-c2ccc(-n3c4ccccc4c4cc(-c5cc(C#N)cc(C#N)c5)ccc43)c(-c3ccc(-n4c5ccccc5c5cc(-c6cc(C#N)cc(C#N)c6)ccc54)c(-c4nc(-c5ccccc5)nc(-c5ccccc5)n4)c3)c2)c1. The number of rotatable bonds is 9. The normalized spacial score (nSPS) is 11.0. The first kappa shape index (κ1) is 49.8. The monoisotopic (exact) mass is 1070 g/mol. The Morgan fingerprint density at radius 3 is 1.11 bits per heavy atom. The third-order valence-corrected chi connectivity index (χ3v) is 15.4. The van der Waals surface area contributed by atoms with Crippen LogP contribution in [0.5, 0.6) is 0 Å². The molecule has 0 aliphatic rings. The van der Waals surface area contributed by atoms with Crippen LogP contribution in [-0.2, 0) is 0 Å². The molecule has 0 saturated carbocycles. The van der Waals surface area contributed by atoms with E-state index in [1.807, 2.05) is 146 Å². The maximum Gasteiger partial charge on any atom is 0.166 e. The fraction of sp³-hybridized carbons (Fsp3) is 0. The van der Waals surface area contributed by atoms with Gasteiger partial charge in [-0.15, -0.1) is 0 Å². The van der Waals surface area contributed by atoms with Crippen LogP contribution in [-0.4, -0.2) is 24.1 Å². The molecule has 0 aliphatic heterocycles. The molecule has 10 heteroatoms. The summed E-state index contributed by atoms with van der Waals surface area (Å²) in [6.45, 7) is 0. The lowest BCUT2D eigenvalue weighted by atomic mass is 9.94. The third kappa shape index (κ3) is 8.70. The highest BCUT2D eigenvalue weighted by Crippen LogP contribution is 2.44. The lowest BCUT2D eigenvalue weighted by Gasteiger charge is -2.19. The van der Waals surface area contributed by atoms with E-state index >= 15 is 0 Å². The lowest BCUT2D eigenvalue weighted by molar-refractivity contribution is 1.06. The van der Waals surface area contributed by atoms with Crippen LogP contribution in [0.2, 0.25) is 0 Å². The van der Waals surface area contributed by atoms with Gasteiger partial charge in [0.2, 0.25) is 0 Å². The number of fused-ring (bicyclic) bond motifs is 6. The van der Waals surface area contributed by atoms with Crippen LogP contribution in [0.1, 0.15) is 27.8 Å². The molecule has 0 N–H and O–H groups in total. The van der Waals surface area contributed by atoms with Gasteiger partial charge >= 0.3 is 0 Å². The Morgan fingerprint density at radius 2 is 0.607 bits per heavy atom. The topological polar surface area (TPSA) is 167 Å². The summed E-state index contributed by atoms with van der Waals surface area (Å²) in [4.78, 5) is 15.9. The minimum Gasteiger partial charge on any atom is -0.309 e. The highest BCUT2D eigenvalue weighted by Gasteiger charge is 2.24. The smallest absolute Gasteiger partial charge is 0.166 e. The molecule has 386 valence electrons. The highest BCUT2D eigenvalue weighted by molar-refractivity contribution is 6.12. The minimum atomic E-state index is 0.407. The van der Waals surface area contributed by atoms with Gasteiger partial charge in [0.05, 0.1) is 91.6 Å². The molecule has 10 nitrogen and oxygen atoms in total. The van der Waals surface area contributed by atoms with E-state index in [-0.39, 0.29) is 0 Å². The summed E-state index contributed by atoms with van der Waals surface area (Å²) in [5.74, 6) is 1.46. The summed E-state index contributed by atoms with van der Waals surface area (Å²) in [5.41, 5.74) is 16.8. The number of nitriles is 5. The van der Waals surface area contributed by atoms with Crippen molar-refractivity contribution in [3.05, 3.63) is 270 Å². The van der Waals surface area contributed by atoms with Crippen LogP contribution in [0.25, 0.3) is 134 Å². The van der Waals surface area contributed by atoms with Crippen molar-refractivity contribution in [3.8, 4) is 120 Å². The van der Waals surface area contributed by atoms with Gasteiger partial charge in [0.25, 0.3) is 0 Å². The summed E-state index contributed by atoms with van der Waals surface area (Å²) >= 11 is 0. The standard InChI is InChI=1S/C74H40N10/c75-41-46-12-11-17-53(32-46)54-22-26-68(83-66-20-9-7-18-60(66)63-38-55(23-27-69(63)83)58-33-47(42-76)30-48(34-58)43-77)62(37-54)57-25-29-71(65(40-57)74-81-72(51-13-3-1-4-14-51)80-73(82-74)52-15-5-2-6-16-52)84-67-21-10-8-19-61(67)64-39-56(24-28-70(64)84)59-35-49(44-78)31-50(36-59)45-79/h1-40H. The second-order valence-corrected chi connectivity index (χ2v) is 20.4. The van der Waals surface area contributed by atoms with Crippen LogP contribution in [0, 0.1) is 56.7 Å². The number of nitrogens with zero attached hydrogens (tertiary/aromatic N) is 10. The van der Waals surface area contributed by atoms with Crippen LogP contribution in [0.3, 0.4) is 0 Å². The van der Waals surface area contributed by atoms with E-state index in [4.69, 9.17) is 15.0 Å². The molecular formula is C74H40N10. The molecule has 0 atom stereocenters. The maximum atomic E-state index is 10.1. The number of hydrogen-bond donors (Lipinski definition) is 0. The van der Waals surface area contributed by atoms with E-state index in [2.05, 4.69) is 124 Å². The first-order valence-corrected chi connectivity index (χ1v) is 27.0. The molecule has 0 bridgehead atoms. The zero-order valence-electron chi connectivity index (χ0n) is 44.6. The van der Waals surface area contributed by atoms with Crippen molar-refractivity contribution in [2.75, 3.05) is 0 Å². The molecular weight excluding hydrogens is 1030 g/mol. The Morgan fingerprint density at radius 1 is 0.238 bits per heavy atom. The van der Waals surface area contributed by atoms with Crippen LogP contribution < -0.4 is 0 Å². The van der Waals surface area contributed by atoms with Gasteiger partial charge in [-0.25, -0.2) is 15.0 Å². The molecule has 0 saturated heterocycles. The van der Waals surface area contributed by atoms with Gasteiger partial charge in [-0.2, -0.15) is 26.3 Å². The second kappa shape index (κ2) is 20.6. The quantitative estimate of drug-likeness (QED) is 0.138. The van der Waals surface area contributed by atoms with Crippen molar-refractivity contribution in [1.29, 1.82) is 26.3 Å². The molecule has 0 fully saturated rings. The molecule has 0 spiro atoms. The molecule has 14 aromatic rings. The number of para-hydroxylation sites is 2. The highest BCUT2D eigenvalue weighted by atomic mass is 15.1. The van der Waals surface area contributed by atoms with E-state index in [0.29, 0.717) is 45.3 Å². The van der Waals surface area contributed by atoms with E-state index < -0.39 is 0 Å². The van der Waals surface area contributed by atoms with E-state index in [0.717, 1.165) is 116 Å². The predicted molar refractivity (Wildman–Crippen MR) is 330 cm³/mol. The van der Waals surface area contributed by atoms with Gasteiger partial charge in [-0.1, -0.05) is 133 Å².